The van der Waals surface area contributed by atoms with Gasteiger partial charge in [0, 0.05) is 18.3 Å². The first-order valence-electron chi connectivity index (χ1n) is 8.06. The van der Waals surface area contributed by atoms with Gasteiger partial charge in [-0.25, -0.2) is 4.79 Å². The van der Waals surface area contributed by atoms with Crippen LogP contribution < -0.4 is 10.1 Å². The number of para-hydroxylation sites is 2. The van der Waals surface area contributed by atoms with E-state index in [1.54, 1.807) is 23.3 Å². The van der Waals surface area contributed by atoms with Gasteiger partial charge in [0.1, 0.15) is 11.9 Å². The molecule has 24 heavy (non-hydrogen) atoms. The van der Waals surface area contributed by atoms with E-state index in [4.69, 9.17) is 9.47 Å². The van der Waals surface area contributed by atoms with Gasteiger partial charge in [-0.05, 0) is 30.5 Å². The Morgan fingerprint density at radius 1 is 1.38 bits per heavy atom. The Morgan fingerprint density at radius 3 is 2.92 bits per heavy atom. The summed E-state index contributed by atoms with van der Waals surface area (Å²) in [6.07, 6.45) is 0.920. The van der Waals surface area contributed by atoms with E-state index in [9.17, 15) is 4.79 Å². The highest BCUT2D eigenvalue weighted by molar-refractivity contribution is 7.10. The fraction of sp³-hybridized carbons (Fsp3) is 0.389. The molecular formula is C18H22N2O3S. The second kappa shape index (κ2) is 7.68. The Balaban J connectivity index is 1.67. The van der Waals surface area contributed by atoms with E-state index < -0.39 is 0 Å². The van der Waals surface area contributed by atoms with Gasteiger partial charge in [-0.15, -0.1) is 11.3 Å². The van der Waals surface area contributed by atoms with Crippen LogP contribution in [0.15, 0.2) is 41.8 Å². The standard InChI is InChI=1S/C18H22N2O3S/c1-13(17-8-5-11-24-17)20(2)18(21)19-15-6-3-4-7-16(15)23-14-9-10-22-12-14/h3-8,11,13-14H,9-10,12H2,1-2H3,(H,19,21)/t13-,14-/m0/s1. The van der Waals surface area contributed by atoms with Crippen molar-refractivity contribution in [1.82, 2.24) is 4.90 Å². The van der Waals surface area contributed by atoms with Crippen LogP contribution in [0.3, 0.4) is 0 Å². The topological polar surface area (TPSA) is 50.8 Å². The zero-order valence-corrected chi connectivity index (χ0v) is 14.7. The maximum atomic E-state index is 12.6. The van der Waals surface area contributed by atoms with Crippen molar-refractivity contribution in [2.24, 2.45) is 0 Å². The SMILES string of the molecule is C[C@@H](c1cccs1)N(C)C(=O)Nc1ccccc1O[C@H]1CCOC1. The number of rotatable bonds is 5. The molecule has 0 radical (unpaired) electrons. The Morgan fingerprint density at radius 2 is 2.21 bits per heavy atom. The van der Waals surface area contributed by atoms with Crippen molar-refractivity contribution in [3.05, 3.63) is 46.7 Å². The lowest BCUT2D eigenvalue weighted by Crippen LogP contribution is -2.33. The van der Waals surface area contributed by atoms with Crippen LogP contribution in [0.25, 0.3) is 0 Å². The molecule has 2 aromatic rings. The third-order valence-corrected chi connectivity index (χ3v) is 5.21. The maximum absolute atomic E-state index is 12.6. The number of nitrogens with one attached hydrogen (secondary N) is 1. The Bertz CT molecular complexity index is 669. The molecule has 0 unspecified atom stereocenters. The van der Waals surface area contributed by atoms with Gasteiger partial charge >= 0.3 is 6.03 Å². The molecule has 1 aliphatic rings. The number of anilines is 1. The van der Waals surface area contributed by atoms with E-state index in [0.29, 0.717) is 18.0 Å². The molecule has 2 amide bonds. The largest absolute Gasteiger partial charge is 0.486 e. The second-order valence-corrected chi connectivity index (χ2v) is 6.81. The number of amides is 2. The number of ether oxygens (including phenoxy) is 2. The van der Waals surface area contributed by atoms with Gasteiger partial charge in [-0.1, -0.05) is 18.2 Å². The van der Waals surface area contributed by atoms with Crippen LogP contribution in [0.4, 0.5) is 10.5 Å². The average molecular weight is 346 g/mol. The van der Waals surface area contributed by atoms with Gasteiger partial charge in [0.2, 0.25) is 0 Å². The minimum atomic E-state index is -0.158. The molecule has 2 heterocycles. The molecule has 1 fully saturated rings. The predicted octanol–water partition coefficient (Wildman–Crippen LogP) is 4.14. The first-order chi connectivity index (χ1) is 11.6. The second-order valence-electron chi connectivity index (χ2n) is 5.83. The number of carbonyl (C=O) groups is 1. The fourth-order valence-corrected chi connectivity index (χ4v) is 3.38. The van der Waals surface area contributed by atoms with E-state index in [1.807, 2.05) is 48.7 Å². The smallest absolute Gasteiger partial charge is 0.322 e. The Kier molecular flexibility index (Phi) is 5.37. The van der Waals surface area contributed by atoms with Crippen LogP contribution in [0.1, 0.15) is 24.3 Å². The summed E-state index contributed by atoms with van der Waals surface area (Å²) in [5.74, 6) is 0.679. The molecule has 1 aromatic heterocycles. The average Bonchev–Trinajstić information content (AvgIpc) is 3.28. The summed E-state index contributed by atoms with van der Waals surface area (Å²) in [5, 5.41) is 4.97. The van der Waals surface area contributed by atoms with Crippen LogP contribution in [0.2, 0.25) is 0 Å². The van der Waals surface area contributed by atoms with Gasteiger partial charge in [0.25, 0.3) is 0 Å². The lowest BCUT2D eigenvalue weighted by Gasteiger charge is -2.25. The number of hydrogen-bond donors (Lipinski definition) is 1. The molecule has 6 heteroatoms. The molecule has 1 aromatic carbocycles. The molecule has 128 valence electrons. The highest BCUT2D eigenvalue weighted by Gasteiger charge is 2.21. The molecule has 0 saturated carbocycles. The fourth-order valence-electron chi connectivity index (χ4n) is 2.56. The molecule has 0 aliphatic carbocycles. The minimum Gasteiger partial charge on any atom is -0.486 e. The number of urea groups is 1. The van der Waals surface area contributed by atoms with E-state index >= 15 is 0 Å². The van der Waals surface area contributed by atoms with Gasteiger partial charge < -0.3 is 19.7 Å². The zero-order chi connectivity index (χ0) is 16.9. The van der Waals surface area contributed by atoms with Crippen LogP contribution >= 0.6 is 11.3 Å². The molecule has 0 spiro atoms. The summed E-state index contributed by atoms with van der Waals surface area (Å²) in [7, 11) is 1.80. The third-order valence-electron chi connectivity index (χ3n) is 4.17. The molecule has 0 bridgehead atoms. The van der Waals surface area contributed by atoms with Gasteiger partial charge in [-0.2, -0.15) is 0 Å². The molecule has 3 rings (SSSR count). The van der Waals surface area contributed by atoms with Crippen LogP contribution in [-0.2, 0) is 4.74 Å². The quantitative estimate of drug-likeness (QED) is 0.885. The van der Waals surface area contributed by atoms with Gasteiger partial charge in [0.05, 0.1) is 24.9 Å². The summed E-state index contributed by atoms with van der Waals surface area (Å²) < 4.78 is 11.3. The number of hydrogen-bond acceptors (Lipinski definition) is 4. The number of carbonyl (C=O) groups excluding carboxylic acids is 1. The van der Waals surface area contributed by atoms with Crippen LogP contribution in [0.5, 0.6) is 5.75 Å². The highest BCUT2D eigenvalue weighted by Crippen LogP contribution is 2.28. The van der Waals surface area contributed by atoms with Crippen LogP contribution in [0, 0.1) is 0 Å². The number of thiophene rings is 1. The Hall–Kier alpha value is -2.05. The summed E-state index contributed by atoms with van der Waals surface area (Å²) >= 11 is 1.65. The first kappa shape index (κ1) is 16.8. The molecule has 1 N–H and O–H groups in total. The molecule has 5 nitrogen and oxygen atoms in total. The third kappa shape index (κ3) is 3.88. The predicted molar refractivity (Wildman–Crippen MR) is 95.8 cm³/mol. The summed E-state index contributed by atoms with van der Waals surface area (Å²) in [6.45, 7) is 3.33. The monoisotopic (exact) mass is 346 g/mol. The van der Waals surface area contributed by atoms with Crippen molar-refractivity contribution in [1.29, 1.82) is 0 Å². The first-order valence-corrected chi connectivity index (χ1v) is 8.94. The van der Waals surface area contributed by atoms with Gasteiger partial charge in [0.15, 0.2) is 0 Å². The molecule has 2 atom stereocenters. The molecule has 1 saturated heterocycles. The minimum absolute atomic E-state index is 0.0151. The summed E-state index contributed by atoms with van der Waals surface area (Å²) in [4.78, 5) is 15.4. The van der Waals surface area contributed by atoms with Crippen molar-refractivity contribution in [2.75, 3.05) is 25.6 Å². The highest BCUT2D eigenvalue weighted by atomic mass is 32.1. The normalized spacial score (nSPS) is 18.2. The summed E-state index contributed by atoms with van der Waals surface area (Å²) in [6, 6.07) is 11.4. The van der Waals surface area contributed by atoms with E-state index in [2.05, 4.69) is 5.32 Å². The van der Waals surface area contributed by atoms with Crippen molar-refractivity contribution < 1.29 is 14.3 Å². The lowest BCUT2D eigenvalue weighted by molar-refractivity contribution is 0.142. The zero-order valence-electron chi connectivity index (χ0n) is 13.9. The number of benzene rings is 1. The van der Waals surface area contributed by atoms with Gasteiger partial charge in [-0.3, -0.25) is 0 Å². The lowest BCUT2D eigenvalue weighted by atomic mass is 10.2. The van der Waals surface area contributed by atoms with Crippen molar-refractivity contribution in [3.8, 4) is 5.75 Å². The van der Waals surface area contributed by atoms with E-state index in [-0.39, 0.29) is 18.2 Å². The Labute approximate surface area is 146 Å². The van der Waals surface area contributed by atoms with Crippen molar-refractivity contribution in [2.45, 2.75) is 25.5 Å². The molecular weight excluding hydrogens is 324 g/mol. The maximum Gasteiger partial charge on any atom is 0.322 e. The van der Waals surface area contributed by atoms with E-state index in [0.717, 1.165) is 17.9 Å². The van der Waals surface area contributed by atoms with Crippen molar-refractivity contribution in [3.63, 3.8) is 0 Å². The molecule has 1 aliphatic heterocycles. The van der Waals surface area contributed by atoms with E-state index in [1.165, 1.54) is 0 Å². The van der Waals surface area contributed by atoms with Crippen LogP contribution in [-0.4, -0.2) is 37.3 Å². The summed E-state index contributed by atoms with van der Waals surface area (Å²) in [5.41, 5.74) is 0.680. The van der Waals surface area contributed by atoms with Crippen molar-refractivity contribution >= 4 is 23.1 Å². The number of nitrogens with zero attached hydrogens (tertiary/aromatic N) is 1.